The molecule has 0 aromatic heterocycles. The van der Waals surface area contributed by atoms with Gasteiger partial charge in [0.05, 0.1) is 18.6 Å². The summed E-state index contributed by atoms with van der Waals surface area (Å²) < 4.78 is 0. The minimum Gasteiger partial charge on any atom is -0.395 e. The molecule has 0 saturated carbocycles. The highest BCUT2D eigenvalue weighted by Crippen LogP contribution is 2.40. The quantitative estimate of drug-likeness (QED) is 0.736. The van der Waals surface area contributed by atoms with E-state index in [1.54, 1.807) is 4.90 Å². The number of hydrogen-bond donors (Lipinski definition) is 1. The summed E-state index contributed by atoms with van der Waals surface area (Å²) in [5.41, 5.74) is -0.401. The van der Waals surface area contributed by atoms with E-state index in [1.165, 1.54) is 0 Å². The van der Waals surface area contributed by atoms with Gasteiger partial charge in [0.1, 0.15) is 0 Å². The first-order valence-corrected chi connectivity index (χ1v) is 9.63. The summed E-state index contributed by atoms with van der Waals surface area (Å²) in [5.74, 6) is 0.299. The van der Waals surface area contributed by atoms with Crippen molar-refractivity contribution < 1.29 is 14.7 Å². The molecule has 25 heavy (non-hydrogen) atoms. The van der Waals surface area contributed by atoms with Gasteiger partial charge in [0.15, 0.2) is 0 Å². The summed E-state index contributed by atoms with van der Waals surface area (Å²) in [6, 6.07) is 0. The number of carbonyl (C=O) groups excluding carboxylic acids is 2. The minimum absolute atomic E-state index is 0.00781. The normalized spacial score (nSPS) is 29.4. The van der Waals surface area contributed by atoms with Crippen molar-refractivity contribution in [1.29, 1.82) is 0 Å². The van der Waals surface area contributed by atoms with E-state index in [4.69, 9.17) is 5.11 Å². The molecule has 3 heterocycles. The molecule has 0 bridgehead atoms. The van der Waals surface area contributed by atoms with Gasteiger partial charge >= 0.3 is 0 Å². The van der Waals surface area contributed by atoms with Gasteiger partial charge in [-0.05, 0) is 45.8 Å². The van der Waals surface area contributed by atoms with Crippen LogP contribution in [0.3, 0.4) is 0 Å². The number of β-amino-alcohol motifs (C(OH)–C–C–N with tert-alkyl or cyclic N) is 1. The van der Waals surface area contributed by atoms with Crippen LogP contribution in [0, 0.1) is 5.41 Å². The third-order valence-corrected chi connectivity index (χ3v) is 6.07. The van der Waals surface area contributed by atoms with Crippen LogP contribution in [0.4, 0.5) is 0 Å². The molecule has 2 amide bonds. The maximum absolute atomic E-state index is 12.8. The lowest BCUT2D eigenvalue weighted by Crippen LogP contribution is -2.51. The van der Waals surface area contributed by atoms with Gasteiger partial charge in [0.25, 0.3) is 0 Å². The maximum Gasteiger partial charge on any atom is 0.236 e. The third-order valence-electron chi connectivity index (χ3n) is 6.07. The fourth-order valence-electron chi connectivity index (χ4n) is 4.50. The van der Waals surface area contributed by atoms with E-state index in [2.05, 4.69) is 16.8 Å². The molecule has 142 valence electrons. The largest absolute Gasteiger partial charge is 0.395 e. The zero-order chi connectivity index (χ0) is 17.9. The van der Waals surface area contributed by atoms with Crippen molar-refractivity contribution in [3.05, 3.63) is 0 Å². The second-order valence-corrected chi connectivity index (χ2v) is 7.90. The van der Waals surface area contributed by atoms with Crippen LogP contribution in [0.5, 0.6) is 0 Å². The smallest absolute Gasteiger partial charge is 0.236 e. The first-order valence-electron chi connectivity index (χ1n) is 9.63. The van der Waals surface area contributed by atoms with Gasteiger partial charge in [-0.25, -0.2) is 0 Å². The topological polar surface area (TPSA) is 67.3 Å². The van der Waals surface area contributed by atoms with Crippen LogP contribution in [0.15, 0.2) is 0 Å². The number of carbonyl (C=O) groups is 2. The molecule has 0 radical (unpaired) electrons. The lowest BCUT2D eigenvalue weighted by atomic mass is 9.78. The Bertz CT molecular complexity index is 499. The molecule has 0 unspecified atom stereocenters. The van der Waals surface area contributed by atoms with Crippen LogP contribution >= 0.6 is 0 Å². The van der Waals surface area contributed by atoms with Gasteiger partial charge in [-0.1, -0.05) is 0 Å². The number of aliphatic hydroxyl groups is 1. The van der Waals surface area contributed by atoms with E-state index in [1.807, 2.05) is 4.90 Å². The second kappa shape index (κ2) is 8.01. The summed E-state index contributed by atoms with van der Waals surface area (Å²) in [6.45, 7) is 6.87. The van der Waals surface area contributed by atoms with Crippen molar-refractivity contribution >= 4 is 11.8 Å². The Balaban J connectivity index is 1.56. The van der Waals surface area contributed by atoms with Gasteiger partial charge in [-0.3, -0.25) is 14.5 Å². The van der Waals surface area contributed by atoms with Crippen molar-refractivity contribution in [2.45, 2.75) is 25.7 Å². The van der Waals surface area contributed by atoms with Crippen LogP contribution in [0.2, 0.25) is 0 Å². The van der Waals surface area contributed by atoms with E-state index in [0.29, 0.717) is 26.2 Å². The van der Waals surface area contributed by atoms with Crippen LogP contribution in [-0.2, 0) is 9.59 Å². The van der Waals surface area contributed by atoms with Crippen LogP contribution in [0.25, 0.3) is 0 Å². The van der Waals surface area contributed by atoms with Gasteiger partial charge in [-0.2, -0.15) is 0 Å². The molecule has 3 rings (SSSR count). The Hall–Kier alpha value is -1.18. The summed E-state index contributed by atoms with van der Waals surface area (Å²) in [4.78, 5) is 33.8. The molecule has 7 heteroatoms. The Morgan fingerprint density at radius 3 is 2.72 bits per heavy atom. The first-order chi connectivity index (χ1) is 12.0. The Kier molecular flexibility index (Phi) is 5.96. The van der Waals surface area contributed by atoms with Crippen molar-refractivity contribution in [3.63, 3.8) is 0 Å². The number of likely N-dealkylation sites (tertiary alicyclic amines) is 2. The van der Waals surface area contributed by atoms with E-state index < -0.39 is 5.41 Å². The number of hydrogen-bond acceptors (Lipinski definition) is 5. The van der Waals surface area contributed by atoms with E-state index in [9.17, 15) is 9.59 Å². The SMILES string of the molecule is CN1CCCN(CC(=O)N2CC[C@@]3(CCCN(CCO)C3=O)C2)CC1. The summed E-state index contributed by atoms with van der Waals surface area (Å²) in [6.07, 6.45) is 3.70. The Morgan fingerprint density at radius 1 is 1.08 bits per heavy atom. The van der Waals surface area contributed by atoms with Crippen LogP contribution < -0.4 is 0 Å². The number of piperidine rings is 1. The molecule has 0 aliphatic carbocycles. The molecule has 3 saturated heterocycles. The van der Waals surface area contributed by atoms with Crippen molar-refractivity contribution in [2.75, 3.05) is 72.6 Å². The molecule has 3 fully saturated rings. The molecule has 0 aromatic carbocycles. The summed E-state index contributed by atoms with van der Waals surface area (Å²) in [7, 11) is 2.13. The number of rotatable bonds is 4. The molecule has 3 aliphatic rings. The number of aliphatic hydroxyl groups excluding tert-OH is 1. The zero-order valence-corrected chi connectivity index (χ0v) is 15.5. The average Bonchev–Trinajstić information content (AvgIpc) is 2.92. The third kappa shape index (κ3) is 4.15. The van der Waals surface area contributed by atoms with E-state index >= 15 is 0 Å². The average molecular weight is 352 g/mol. The molecular weight excluding hydrogens is 320 g/mol. The standard InChI is InChI=1S/C18H32N4O3/c1-19-6-3-7-20(11-10-19)14-16(24)22-9-5-18(15-22)4-2-8-21(12-13-23)17(18)25/h23H,2-15H2,1H3/t18-/m0/s1. The number of amides is 2. The monoisotopic (exact) mass is 352 g/mol. The fourth-order valence-corrected chi connectivity index (χ4v) is 4.50. The second-order valence-electron chi connectivity index (χ2n) is 7.90. The van der Waals surface area contributed by atoms with Crippen LogP contribution in [0.1, 0.15) is 25.7 Å². The predicted octanol–water partition coefficient (Wildman–Crippen LogP) is -0.543. The van der Waals surface area contributed by atoms with Gasteiger partial charge in [0, 0.05) is 39.3 Å². The molecule has 1 spiro atoms. The highest BCUT2D eigenvalue weighted by molar-refractivity contribution is 5.86. The molecule has 3 aliphatic heterocycles. The Morgan fingerprint density at radius 2 is 1.92 bits per heavy atom. The lowest BCUT2D eigenvalue weighted by molar-refractivity contribution is -0.146. The van der Waals surface area contributed by atoms with E-state index in [0.717, 1.165) is 58.4 Å². The molecular formula is C18H32N4O3. The van der Waals surface area contributed by atoms with Crippen molar-refractivity contribution in [1.82, 2.24) is 19.6 Å². The van der Waals surface area contributed by atoms with E-state index in [-0.39, 0.29) is 18.4 Å². The lowest BCUT2D eigenvalue weighted by Gasteiger charge is -2.39. The zero-order valence-electron chi connectivity index (χ0n) is 15.5. The first kappa shape index (κ1) is 18.6. The fraction of sp³-hybridized carbons (Fsp3) is 0.889. The Labute approximate surface area is 150 Å². The molecule has 0 aromatic rings. The summed E-state index contributed by atoms with van der Waals surface area (Å²) >= 11 is 0. The van der Waals surface area contributed by atoms with Gasteiger partial charge < -0.3 is 19.8 Å². The summed E-state index contributed by atoms with van der Waals surface area (Å²) in [5, 5.41) is 9.16. The number of nitrogens with zero attached hydrogens (tertiary/aromatic N) is 4. The predicted molar refractivity (Wildman–Crippen MR) is 95.1 cm³/mol. The number of likely N-dealkylation sites (N-methyl/N-ethyl adjacent to an activating group) is 1. The van der Waals surface area contributed by atoms with Crippen LogP contribution in [-0.4, -0.2) is 109 Å². The van der Waals surface area contributed by atoms with Crippen molar-refractivity contribution in [2.24, 2.45) is 5.41 Å². The maximum atomic E-state index is 12.8. The highest BCUT2D eigenvalue weighted by Gasteiger charge is 2.49. The highest BCUT2D eigenvalue weighted by atomic mass is 16.3. The molecule has 7 nitrogen and oxygen atoms in total. The van der Waals surface area contributed by atoms with Crippen molar-refractivity contribution in [3.8, 4) is 0 Å². The minimum atomic E-state index is -0.401. The van der Waals surface area contributed by atoms with Gasteiger partial charge in [-0.15, -0.1) is 0 Å². The molecule has 1 N–H and O–H groups in total. The van der Waals surface area contributed by atoms with Gasteiger partial charge in [0.2, 0.25) is 11.8 Å². The molecule has 1 atom stereocenters.